The van der Waals surface area contributed by atoms with Crippen LogP contribution >= 0.6 is 11.8 Å². The summed E-state index contributed by atoms with van der Waals surface area (Å²) in [6, 6.07) is 9.69. The largest absolute Gasteiger partial charge is 0.465 e. The topological polar surface area (TPSA) is 38.3 Å². The molecule has 0 radical (unpaired) electrons. The first-order chi connectivity index (χ1) is 9.22. The molecule has 0 aliphatic carbocycles. The second-order valence-corrected chi connectivity index (χ2v) is 5.23. The van der Waals surface area contributed by atoms with Gasteiger partial charge >= 0.3 is 5.97 Å². The Morgan fingerprint density at radius 2 is 2.00 bits per heavy atom. The Bertz CT molecular complexity index is 370. The molecule has 1 rings (SSSR count). The summed E-state index contributed by atoms with van der Waals surface area (Å²) in [5.74, 6) is 0.785. The average molecular weight is 281 g/mol. The first-order valence-electron chi connectivity index (χ1n) is 6.69. The fourth-order valence-electron chi connectivity index (χ4n) is 1.89. The highest BCUT2D eigenvalue weighted by Gasteiger charge is 2.24. The molecule has 4 heteroatoms. The van der Waals surface area contributed by atoms with E-state index in [2.05, 4.69) is 18.5 Å². The zero-order valence-electron chi connectivity index (χ0n) is 11.9. The van der Waals surface area contributed by atoms with Crippen LogP contribution in [0.3, 0.4) is 0 Å². The molecule has 0 aliphatic heterocycles. The number of esters is 1. The summed E-state index contributed by atoms with van der Waals surface area (Å²) in [5, 5.41) is 3.41. The molecule has 0 heterocycles. The van der Waals surface area contributed by atoms with E-state index in [1.165, 1.54) is 0 Å². The SMILES string of the molecule is CCOC(=O)C(NC(CC)CSC)c1ccccc1. The van der Waals surface area contributed by atoms with Gasteiger partial charge in [-0.15, -0.1) is 0 Å². The van der Waals surface area contributed by atoms with Crippen molar-refractivity contribution >= 4 is 17.7 Å². The molecule has 0 spiro atoms. The number of benzene rings is 1. The Morgan fingerprint density at radius 3 is 2.53 bits per heavy atom. The molecular formula is C15H23NO2S. The van der Waals surface area contributed by atoms with Crippen LogP contribution < -0.4 is 5.32 Å². The van der Waals surface area contributed by atoms with Gasteiger partial charge in [0.2, 0.25) is 0 Å². The molecule has 106 valence electrons. The lowest BCUT2D eigenvalue weighted by molar-refractivity contribution is -0.146. The monoisotopic (exact) mass is 281 g/mol. The number of hydrogen-bond acceptors (Lipinski definition) is 4. The van der Waals surface area contributed by atoms with Gasteiger partial charge in [-0.05, 0) is 25.2 Å². The van der Waals surface area contributed by atoms with Gasteiger partial charge in [-0.3, -0.25) is 5.32 Å². The van der Waals surface area contributed by atoms with Gasteiger partial charge in [0.25, 0.3) is 0 Å². The Kier molecular flexibility index (Phi) is 7.60. The van der Waals surface area contributed by atoms with Crippen LogP contribution in [0.15, 0.2) is 30.3 Å². The van der Waals surface area contributed by atoms with E-state index in [0.717, 1.165) is 17.7 Å². The van der Waals surface area contributed by atoms with Crippen molar-refractivity contribution in [3.05, 3.63) is 35.9 Å². The van der Waals surface area contributed by atoms with Crippen molar-refractivity contribution in [3.8, 4) is 0 Å². The van der Waals surface area contributed by atoms with Crippen molar-refractivity contribution in [3.63, 3.8) is 0 Å². The Hall–Kier alpha value is -1.00. The number of ether oxygens (including phenoxy) is 1. The van der Waals surface area contributed by atoms with E-state index in [9.17, 15) is 4.79 Å². The predicted molar refractivity (Wildman–Crippen MR) is 81.4 cm³/mol. The van der Waals surface area contributed by atoms with Gasteiger partial charge in [0.15, 0.2) is 0 Å². The summed E-state index contributed by atoms with van der Waals surface area (Å²) >= 11 is 1.78. The van der Waals surface area contributed by atoms with Gasteiger partial charge in [-0.1, -0.05) is 37.3 Å². The summed E-state index contributed by atoms with van der Waals surface area (Å²) in [6.07, 6.45) is 3.07. The van der Waals surface area contributed by atoms with Crippen LogP contribution in [0.4, 0.5) is 0 Å². The third kappa shape index (κ3) is 5.25. The number of carbonyl (C=O) groups excluding carboxylic acids is 1. The fourth-order valence-corrected chi connectivity index (χ4v) is 2.63. The van der Waals surface area contributed by atoms with Crippen LogP contribution in [-0.4, -0.2) is 30.6 Å². The predicted octanol–water partition coefficient (Wildman–Crippen LogP) is 3.02. The molecule has 0 saturated heterocycles. The lowest BCUT2D eigenvalue weighted by Gasteiger charge is -2.23. The first kappa shape index (κ1) is 16.1. The Labute approximate surface area is 120 Å². The lowest BCUT2D eigenvalue weighted by atomic mass is 10.1. The van der Waals surface area contributed by atoms with Crippen molar-refractivity contribution in [1.82, 2.24) is 5.32 Å². The van der Waals surface area contributed by atoms with Gasteiger partial charge in [-0.2, -0.15) is 11.8 Å². The summed E-state index contributed by atoms with van der Waals surface area (Å²) in [7, 11) is 0. The molecule has 1 aromatic rings. The Morgan fingerprint density at radius 1 is 1.32 bits per heavy atom. The third-order valence-corrected chi connectivity index (χ3v) is 3.65. The average Bonchev–Trinajstić information content (AvgIpc) is 2.44. The minimum absolute atomic E-state index is 0.201. The second-order valence-electron chi connectivity index (χ2n) is 4.32. The standard InChI is InChI=1S/C15H23NO2S/c1-4-13(11-19-3)16-14(15(17)18-5-2)12-9-7-6-8-10-12/h6-10,13-14,16H,4-5,11H2,1-3H3. The van der Waals surface area contributed by atoms with Gasteiger partial charge in [0, 0.05) is 11.8 Å². The lowest BCUT2D eigenvalue weighted by Crippen LogP contribution is -2.39. The summed E-state index contributed by atoms with van der Waals surface area (Å²) < 4.78 is 5.17. The molecule has 19 heavy (non-hydrogen) atoms. The van der Waals surface area contributed by atoms with Crippen molar-refractivity contribution in [1.29, 1.82) is 0 Å². The van der Waals surface area contributed by atoms with Crippen LogP contribution in [0.25, 0.3) is 0 Å². The molecule has 0 aliphatic rings. The number of hydrogen-bond donors (Lipinski definition) is 1. The van der Waals surface area contributed by atoms with E-state index >= 15 is 0 Å². The van der Waals surface area contributed by atoms with Crippen LogP contribution in [0.5, 0.6) is 0 Å². The maximum Gasteiger partial charge on any atom is 0.327 e. The van der Waals surface area contributed by atoms with Crippen molar-refractivity contribution < 1.29 is 9.53 Å². The molecule has 1 N–H and O–H groups in total. The molecule has 0 amide bonds. The van der Waals surface area contributed by atoms with E-state index < -0.39 is 0 Å². The second kappa shape index (κ2) is 8.99. The highest BCUT2D eigenvalue weighted by atomic mass is 32.2. The Balaban J connectivity index is 2.83. The van der Waals surface area contributed by atoms with E-state index in [1.54, 1.807) is 11.8 Å². The van der Waals surface area contributed by atoms with E-state index in [1.807, 2.05) is 37.3 Å². The van der Waals surface area contributed by atoms with E-state index in [4.69, 9.17) is 4.74 Å². The van der Waals surface area contributed by atoms with Gasteiger partial charge < -0.3 is 4.74 Å². The number of rotatable bonds is 8. The minimum atomic E-state index is -0.377. The fraction of sp³-hybridized carbons (Fsp3) is 0.533. The molecule has 0 aromatic heterocycles. The van der Waals surface area contributed by atoms with Crippen molar-refractivity contribution in [2.45, 2.75) is 32.4 Å². The van der Waals surface area contributed by atoms with Gasteiger partial charge in [0.1, 0.15) is 6.04 Å². The molecule has 1 aromatic carbocycles. The van der Waals surface area contributed by atoms with Crippen LogP contribution in [-0.2, 0) is 9.53 Å². The van der Waals surface area contributed by atoms with Crippen LogP contribution in [0.2, 0.25) is 0 Å². The highest BCUT2D eigenvalue weighted by Crippen LogP contribution is 2.17. The summed E-state index contributed by atoms with van der Waals surface area (Å²) in [5.41, 5.74) is 0.959. The summed E-state index contributed by atoms with van der Waals surface area (Å²) in [6.45, 7) is 4.36. The maximum absolute atomic E-state index is 12.1. The zero-order valence-corrected chi connectivity index (χ0v) is 12.7. The molecule has 0 bridgehead atoms. The van der Waals surface area contributed by atoms with Gasteiger partial charge in [0.05, 0.1) is 6.61 Å². The smallest absolute Gasteiger partial charge is 0.327 e. The quantitative estimate of drug-likeness (QED) is 0.743. The van der Waals surface area contributed by atoms with Crippen molar-refractivity contribution in [2.75, 3.05) is 18.6 Å². The molecule has 0 saturated carbocycles. The normalized spacial score (nSPS) is 13.8. The molecule has 2 atom stereocenters. The minimum Gasteiger partial charge on any atom is -0.465 e. The van der Waals surface area contributed by atoms with Crippen LogP contribution in [0.1, 0.15) is 31.9 Å². The van der Waals surface area contributed by atoms with E-state index in [-0.39, 0.29) is 12.0 Å². The third-order valence-electron chi connectivity index (χ3n) is 2.92. The summed E-state index contributed by atoms with van der Waals surface area (Å²) in [4.78, 5) is 12.1. The highest BCUT2D eigenvalue weighted by molar-refractivity contribution is 7.98. The maximum atomic E-state index is 12.1. The molecule has 2 unspecified atom stereocenters. The number of nitrogens with one attached hydrogen (secondary N) is 1. The zero-order chi connectivity index (χ0) is 14.1. The number of carbonyl (C=O) groups is 1. The molecule has 0 fully saturated rings. The molecular weight excluding hydrogens is 258 g/mol. The van der Waals surface area contributed by atoms with Crippen LogP contribution in [0, 0.1) is 0 Å². The van der Waals surface area contributed by atoms with E-state index in [0.29, 0.717) is 12.6 Å². The molecule has 3 nitrogen and oxygen atoms in total. The van der Waals surface area contributed by atoms with Crippen molar-refractivity contribution in [2.24, 2.45) is 0 Å². The first-order valence-corrected chi connectivity index (χ1v) is 8.08. The van der Waals surface area contributed by atoms with Gasteiger partial charge in [-0.25, -0.2) is 4.79 Å². The number of thioether (sulfide) groups is 1.